The summed E-state index contributed by atoms with van der Waals surface area (Å²) in [5.74, 6) is 0.999. The molecule has 1 unspecified atom stereocenters. The summed E-state index contributed by atoms with van der Waals surface area (Å²) in [6, 6.07) is 9.20. The molecule has 0 saturated carbocycles. The van der Waals surface area contributed by atoms with Gasteiger partial charge in [-0.25, -0.2) is 0 Å². The summed E-state index contributed by atoms with van der Waals surface area (Å²) in [7, 11) is 0. The van der Waals surface area contributed by atoms with Crippen molar-refractivity contribution in [3.05, 3.63) is 29.8 Å². The Morgan fingerprint density at radius 3 is 3.12 bits per heavy atom. The number of hydrogen-bond acceptors (Lipinski definition) is 2. The van der Waals surface area contributed by atoms with Crippen molar-refractivity contribution in [2.45, 2.75) is 38.6 Å². The molecular formula is C14H21NO. The van der Waals surface area contributed by atoms with Gasteiger partial charge in [-0.1, -0.05) is 12.1 Å². The van der Waals surface area contributed by atoms with Crippen LogP contribution >= 0.6 is 0 Å². The smallest absolute Gasteiger partial charge is 0.119 e. The van der Waals surface area contributed by atoms with Gasteiger partial charge in [0.25, 0.3) is 0 Å². The van der Waals surface area contributed by atoms with Gasteiger partial charge in [-0.05, 0) is 56.8 Å². The molecule has 1 aromatic carbocycles. The maximum absolute atomic E-state index is 5.50. The van der Waals surface area contributed by atoms with Crippen molar-refractivity contribution in [2.24, 2.45) is 0 Å². The Kier molecular flexibility index (Phi) is 4.23. The van der Waals surface area contributed by atoms with E-state index in [4.69, 9.17) is 4.74 Å². The minimum absolute atomic E-state index is 0.732. The summed E-state index contributed by atoms with van der Waals surface area (Å²) in [5.41, 5.74) is 1.39. The zero-order valence-corrected chi connectivity index (χ0v) is 10.0. The van der Waals surface area contributed by atoms with Crippen molar-refractivity contribution >= 4 is 0 Å². The van der Waals surface area contributed by atoms with Crippen LogP contribution in [0.1, 0.15) is 31.7 Å². The third-order valence-corrected chi connectivity index (χ3v) is 3.15. The highest BCUT2D eigenvalue weighted by Crippen LogP contribution is 2.17. The number of rotatable bonds is 5. The molecule has 2 heteroatoms. The lowest BCUT2D eigenvalue weighted by Gasteiger charge is -2.10. The molecule has 0 bridgehead atoms. The van der Waals surface area contributed by atoms with E-state index >= 15 is 0 Å². The Balaban J connectivity index is 1.85. The van der Waals surface area contributed by atoms with Gasteiger partial charge in [0.1, 0.15) is 5.75 Å². The van der Waals surface area contributed by atoms with Gasteiger partial charge in [0.2, 0.25) is 0 Å². The minimum Gasteiger partial charge on any atom is -0.494 e. The van der Waals surface area contributed by atoms with Gasteiger partial charge in [0.15, 0.2) is 0 Å². The van der Waals surface area contributed by atoms with Gasteiger partial charge in [-0.3, -0.25) is 0 Å². The Bertz CT molecular complexity index is 318. The highest BCUT2D eigenvalue weighted by Gasteiger charge is 2.13. The molecule has 1 saturated heterocycles. The van der Waals surface area contributed by atoms with Crippen molar-refractivity contribution in [2.75, 3.05) is 13.2 Å². The molecule has 16 heavy (non-hydrogen) atoms. The summed E-state index contributed by atoms with van der Waals surface area (Å²) in [4.78, 5) is 0. The van der Waals surface area contributed by atoms with E-state index in [9.17, 15) is 0 Å². The van der Waals surface area contributed by atoms with Crippen LogP contribution in [-0.4, -0.2) is 19.2 Å². The van der Waals surface area contributed by atoms with Crippen molar-refractivity contribution in [3.63, 3.8) is 0 Å². The largest absolute Gasteiger partial charge is 0.494 e. The predicted molar refractivity (Wildman–Crippen MR) is 67.0 cm³/mol. The highest BCUT2D eigenvalue weighted by atomic mass is 16.5. The molecule has 1 aliphatic heterocycles. The fourth-order valence-corrected chi connectivity index (χ4v) is 2.30. The van der Waals surface area contributed by atoms with E-state index in [1.807, 2.05) is 13.0 Å². The van der Waals surface area contributed by atoms with Crippen molar-refractivity contribution < 1.29 is 4.74 Å². The van der Waals surface area contributed by atoms with Crippen molar-refractivity contribution in [1.82, 2.24) is 5.32 Å². The van der Waals surface area contributed by atoms with Crippen LogP contribution in [0.4, 0.5) is 0 Å². The van der Waals surface area contributed by atoms with Crippen LogP contribution in [0.3, 0.4) is 0 Å². The lowest BCUT2D eigenvalue weighted by molar-refractivity contribution is 0.340. The van der Waals surface area contributed by atoms with Crippen LogP contribution in [0.2, 0.25) is 0 Å². The molecular weight excluding hydrogens is 198 g/mol. The van der Waals surface area contributed by atoms with Gasteiger partial charge in [0.05, 0.1) is 6.61 Å². The van der Waals surface area contributed by atoms with Crippen LogP contribution in [0.5, 0.6) is 5.75 Å². The van der Waals surface area contributed by atoms with E-state index in [1.54, 1.807) is 0 Å². The molecule has 1 heterocycles. The first-order valence-corrected chi connectivity index (χ1v) is 6.33. The number of ether oxygens (including phenoxy) is 1. The molecule has 2 nitrogen and oxygen atoms in total. The average molecular weight is 219 g/mol. The fourth-order valence-electron chi connectivity index (χ4n) is 2.30. The van der Waals surface area contributed by atoms with E-state index in [-0.39, 0.29) is 0 Å². The second kappa shape index (κ2) is 5.90. The molecule has 1 N–H and O–H groups in total. The van der Waals surface area contributed by atoms with E-state index in [0.29, 0.717) is 0 Å². The zero-order chi connectivity index (χ0) is 11.2. The minimum atomic E-state index is 0.732. The number of nitrogens with one attached hydrogen (secondary N) is 1. The number of aryl methyl sites for hydroxylation is 1. The maximum atomic E-state index is 5.50. The van der Waals surface area contributed by atoms with Gasteiger partial charge >= 0.3 is 0 Å². The Morgan fingerprint density at radius 2 is 2.38 bits per heavy atom. The van der Waals surface area contributed by atoms with E-state index in [2.05, 4.69) is 23.5 Å². The highest BCUT2D eigenvalue weighted by molar-refractivity contribution is 5.28. The first-order valence-electron chi connectivity index (χ1n) is 6.33. The number of benzene rings is 1. The summed E-state index contributed by atoms with van der Waals surface area (Å²) in [6.07, 6.45) is 5.07. The van der Waals surface area contributed by atoms with E-state index in [0.717, 1.165) is 24.8 Å². The third-order valence-electron chi connectivity index (χ3n) is 3.15. The SMILES string of the molecule is CCOc1cccc(CCC2CCCN2)c1. The van der Waals surface area contributed by atoms with Crippen LogP contribution < -0.4 is 10.1 Å². The summed E-state index contributed by atoms with van der Waals surface area (Å²) in [6.45, 7) is 3.96. The normalized spacial score (nSPS) is 19.9. The van der Waals surface area contributed by atoms with Crippen LogP contribution in [0.25, 0.3) is 0 Å². The first kappa shape index (κ1) is 11.5. The number of hydrogen-bond donors (Lipinski definition) is 1. The summed E-state index contributed by atoms with van der Waals surface area (Å²) < 4.78 is 5.50. The van der Waals surface area contributed by atoms with Gasteiger partial charge in [-0.15, -0.1) is 0 Å². The molecule has 1 aliphatic rings. The molecule has 0 aliphatic carbocycles. The quantitative estimate of drug-likeness (QED) is 0.822. The second-order valence-corrected chi connectivity index (χ2v) is 4.41. The Labute approximate surface area is 98.0 Å². The molecule has 1 atom stereocenters. The topological polar surface area (TPSA) is 21.3 Å². The standard InChI is InChI=1S/C14H21NO/c1-2-16-14-7-3-5-12(11-14)8-9-13-6-4-10-15-13/h3,5,7,11,13,15H,2,4,6,8-10H2,1H3. The molecule has 1 fully saturated rings. The fraction of sp³-hybridized carbons (Fsp3) is 0.571. The Morgan fingerprint density at radius 1 is 1.44 bits per heavy atom. The van der Waals surface area contributed by atoms with Crippen LogP contribution in [0, 0.1) is 0 Å². The van der Waals surface area contributed by atoms with Gasteiger partial charge in [0, 0.05) is 6.04 Å². The zero-order valence-electron chi connectivity index (χ0n) is 10.0. The monoisotopic (exact) mass is 219 g/mol. The van der Waals surface area contributed by atoms with E-state index in [1.165, 1.54) is 31.4 Å². The van der Waals surface area contributed by atoms with Crippen LogP contribution in [0.15, 0.2) is 24.3 Å². The average Bonchev–Trinajstić information content (AvgIpc) is 2.80. The van der Waals surface area contributed by atoms with Gasteiger partial charge < -0.3 is 10.1 Å². The third kappa shape index (κ3) is 3.24. The van der Waals surface area contributed by atoms with Crippen LogP contribution in [-0.2, 0) is 6.42 Å². The summed E-state index contributed by atoms with van der Waals surface area (Å²) in [5, 5.41) is 3.54. The molecule has 0 aromatic heterocycles. The predicted octanol–water partition coefficient (Wildman–Crippen LogP) is 2.77. The maximum Gasteiger partial charge on any atom is 0.119 e. The van der Waals surface area contributed by atoms with Crippen molar-refractivity contribution in [3.8, 4) is 5.75 Å². The van der Waals surface area contributed by atoms with Crippen molar-refractivity contribution in [1.29, 1.82) is 0 Å². The van der Waals surface area contributed by atoms with E-state index < -0.39 is 0 Å². The molecule has 0 radical (unpaired) electrons. The second-order valence-electron chi connectivity index (χ2n) is 4.41. The molecule has 2 rings (SSSR count). The lowest BCUT2D eigenvalue weighted by atomic mass is 10.0. The molecule has 0 amide bonds. The molecule has 0 spiro atoms. The molecule has 1 aromatic rings. The summed E-state index contributed by atoms with van der Waals surface area (Å²) >= 11 is 0. The molecule has 88 valence electrons. The lowest BCUT2D eigenvalue weighted by Crippen LogP contribution is -2.21. The first-order chi connectivity index (χ1) is 7.88. The van der Waals surface area contributed by atoms with Gasteiger partial charge in [-0.2, -0.15) is 0 Å². The Hall–Kier alpha value is -1.02.